The number of nitrogens with zero attached hydrogens (tertiary/aromatic N) is 1. The van der Waals surface area contributed by atoms with E-state index in [9.17, 15) is 0 Å². The largest absolute Gasteiger partial charge is 0.486 e. The summed E-state index contributed by atoms with van der Waals surface area (Å²) in [5.74, 6) is 1.60. The molecule has 4 nitrogen and oxygen atoms in total. The number of aromatic nitrogens is 1. The molecule has 0 bridgehead atoms. The van der Waals surface area contributed by atoms with E-state index in [4.69, 9.17) is 15.2 Å². The van der Waals surface area contributed by atoms with E-state index in [0.29, 0.717) is 13.2 Å². The van der Waals surface area contributed by atoms with Crippen LogP contribution in [0.3, 0.4) is 0 Å². The number of hydrogen-bond donors (Lipinski definition) is 1. The van der Waals surface area contributed by atoms with Gasteiger partial charge in [0, 0.05) is 17.9 Å². The van der Waals surface area contributed by atoms with Crippen LogP contribution in [0.2, 0.25) is 0 Å². The van der Waals surface area contributed by atoms with Gasteiger partial charge in [-0.1, -0.05) is 12.1 Å². The SMILES string of the molecule is NC(CCc1ccccn1)c1ccc2c(c1)OCCO2. The molecule has 0 spiro atoms. The van der Waals surface area contributed by atoms with Gasteiger partial charge in [-0.15, -0.1) is 0 Å². The summed E-state index contributed by atoms with van der Waals surface area (Å²) >= 11 is 0. The first kappa shape index (κ1) is 12.9. The summed E-state index contributed by atoms with van der Waals surface area (Å²) in [5.41, 5.74) is 8.40. The average Bonchev–Trinajstić information content (AvgIpc) is 2.53. The Labute approximate surface area is 118 Å². The van der Waals surface area contributed by atoms with Gasteiger partial charge in [-0.05, 0) is 42.7 Å². The molecule has 1 aromatic carbocycles. The quantitative estimate of drug-likeness (QED) is 0.927. The Morgan fingerprint density at radius 2 is 1.95 bits per heavy atom. The Balaban J connectivity index is 1.66. The maximum absolute atomic E-state index is 6.25. The summed E-state index contributed by atoms with van der Waals surface area (Å²) in [6.07, 6.45) is 3.54. The van der Waals surface area contributed by atoms with Crippen LogP contribution in [-0.2, 0) is 6.42 Å². The summed E-state index contributed by atoms with van der Waals surface area (Å²) in [4.78, 5) is 4.31. The zero-order valence-corrected chi connectivity index (χ0v) is 11.3. The van der Waals surface area contributed by atoms with Crippen molar-refractivity contribution in [1.29, 1.82) is 0 Å². The highest BCUT2D eigenvalue weighted by Crippen LogP contribution is 2.32. The van der Waals surface area contributed by atoms with Crippen LogP contribution < -0.4 is 15.2 Å². The van der Waals surface area contributed by atoms with Crippen molar-refractivity contribution in [2.24, 2.45) is 5.73 Å². The predicted octanol–water partition coefficient (Wildman–Crippen LogP) is 2.49. The molecule has 1 aliphatic rings. The summed E-state index contributed by atoms with van der Waals surface area (Å²) in [6.45, 7) is 1.21. The molecule has 2 N–H and O–H groups in total. The zero-order chi connectivity index (χ0) is 13.8. The smallest absolute Gasteiger partial charge is 0.161 e. The minimum absolute atomic E-state index is 0.0205. The van der Waals surface area contributed by atoms with Crippen molar-refractivity contribution in [3.05, 3.63) is 53.9 Å². The Bertz CT molecular complexity index is 572. The fourth-order valence-corrected chi connectivity index (χ4v) is 2.31. The molecule has 0 radical (unpaired) electrons. The molecule has 1 unspecified atom stereocenters. The number of aryl methyl sites for hydroxylation is 1. The van der Waals surface area contributed by atoms with Crippen LogP contribution in [-0.4, -0.2) is 18.2 Å². The first-order valence-electron chi connectivity index (χ1n) is 6.88. The van der Waals surface area contributed by atoms with Gasteiger partial charge in [-0.3, -0.25) is 4.98 Å². The van der Waals surface area contributed by atoms with Crippen molar-refractivity contribution in [2.45, 2.75) is 18.9 Å². The lowest BCUT2D eigenvalue weighted by Gasteiger charge is -2.20. The lowest BCUT2D eigenvalue weighted by atomic mass is 10.0. The van der Waals surface area contributed by atoms with Gasteiger partial charge in [0.1, 0.15) is 13.2 Å². The van der Waals surface area contributed by atoms with Gasteiger partial charge in [0.15, 0.2) is 11.5 Å². The van der Waals surface area contributed by atoms with Crippen LogP contribution in [0, 0.1) is 0 Å². The van der Waals surface area contributed by atoms with Gasteiger partial charge in [0.05, 0.1) is 0 Å². The van der Waals surface area contributed by atoms with E-state index >= 15 is 0 Å². The number of pyridine rings is 1. The summed E-state index contributed by atoms with van der Waals surface area (Å²) in [6, 6.07) is 11.9. The summed E-state index contributed by atoms with van der Waals surface area (Å²) in [7, 11) is 0. The molecule has 20 heavy (non-hydrogen) atoms. The molecule has 0 amide bonds. The highest BCUT2D eigenvalue weighted by molar-refractivity contribution is 5.44. The monoisotopic (exact) mass is 270 g/mol. The molecular formula is C16H18N2O2. The molecule has 3 rings (SSSR count). The second kappa shape index (κ2) is 5.92. The van der Waals surface area contributed by atoms with E-state index in [2.05, 4.69) is 4.98 Å². The molecule has 0 aliphatic carbocycles. The fourth-order valence-electron chi connectivity index (χ4n) is 2.31. The van der Waals surface area contributed by atoms with Crippen LogP contribution in [0.15, 0.2) is 42.6 Å². The highest BCUT2D eigenvalue weighted by Gasteiger charge is 2.14. The lowest BCUT2D eigenvalue weighted by molar-refractivity contribution is 0.171. The summed E-state index contributed by atoms with van der Waals surface area (Å²) in [5, 5.41) is 0. The first-order valence-corrected chi connectivity index (χ1v) is 6.88. The van der Waals surface area contributed by atoms with Gasteiger partial charge in [0.25, 0.3) is 0 Å². The van der Waals surface area contributed by atoms with E-state index in [1.54, 1.807) is 0 Å². The molecule has 2 aromatic rings. The third-order valence-corrected chi connectivity index (χ3v) is 3.43. The normalized spacial score (nSPS) is 14.8. The van der Waals surface area contributed by atoms with Gasteiger partial charge in [-0.25, -0.2) is 0 Å². The Kier molecular flexibility index (Phi) is 3.83. The van der Waals surface area contributed by atoms with Gasteiger partial charge < -0.3 is 15.2 Å². The average molecular weight is 270 g/mol. The van der Waals surface area contributed by atoms with E-state index in [0.717, 1.165) is 35.6 Å². The minimum atomic E-state index is -0.0205. The van der Waals surface area contributed by atoms with Crippen LogP contribution in [0.25, 0.3) is 0 Å². The van der Waals surface area contributed by atoms with Crippen LogP contribution >= 0.6 is 0 Å². The Morgan fingerprint density at radius 1 is 1.10 bits per heavy atom. The van der Waals surface area contributed by atoms with Crippen LogP contribution in [0.4, 0.5) is 0 Å². The van der Waals surface area contributed by atoms with Crippen LogP contribution in [0.1, 0.15) is 23.7 Å². The summed E-state index contributed by atoms with van der Waals surface area (Å²) < 4.78 is 11.1. The van der Waals surface area contributed by atoms with Crippen molar-refractivity contribution >= 4 is 0 Å². The second-order valence-electron chi connectivity index (χ2n) is 4.87. The Morgan fingerprint density at radius 3 is 2.75 bits per heavy atom. The third kappa shape index (κ3) is 2.91. The highest BCUT2D eigenvalue weighted by atomic mass is 16.6. The molecular weight excluding hydrogens is 252 g/mol. The first-order chi connectivity index (χ1) is 9.83. The van der Waals surface area contributed by atoms with Crippen molar-refractivity contribution in [3.63, 3.8) is 0 Å². The van der Waals surface area contributed by atoms with Gasteiger partial charge >= 0.3 is 0 Å². The Hall–Kier alpha value is -2.07. The van der Waals surface area contributed by atoms with Crippen molar-refractivity contribution in [2.75, 3.05) is 13.2 Å². The fraction of sp³-hybridized carbons (Fsp3) is 0.312. The molecule has 0 saturated carbocycles. The molecule has 0 fully saturated rings. The number of ether oxygens (including phenoxy) is 2. The van der Waals surface area contributed by atoms with E-state index in [-0.39, 0.29) is 6.04 Å². The van der Waals surface area contributed by atoms with Crippen molar-refractivity contribution in [1.82, 2.24) is 4.98 Å². The molecule has 2 heterocycles. The number of rotatable bonds is 4. The van der Waals surface area contributed by atoms with E-state index < -0.39 is 0 Å². The van der Waals surface area contributed by atoms with Gasteiger partial charge in [0.2, 0.25) is 0 Å². The number of hydrogen-bond acceptors (Lipinski definition) is 4. The number of fused-ring (bicyclic) bond motifs is 1. The van der Waals surface area contributed by atoms with E-state index in [1.807, 2.05) is 42.6 Å². The standard InChI is InChI=1S/C16H18N2O2/c17-14(6-5-13-3-1-2-8-18-13)12-4-7-15-16(11-12)20-10-9-19-15/h1-4,7-8,11,14H,5-6,9-10,17H2. The molecule has 1 aliphatic heterocycles. The number of benzene rings is 1. The van der Waals surface area contributed by atoms with E-state index in [1.165, 1.54) is 0 Å². The van der Waals surface area contributed by atoms with Crippen molar-refractivity contribution in [3.8, 4) is 11.5 Å². The maximum Gasteiger partial charge on any atom is 0.161 e. The third-order valence-electron chi connectivity index (χ3n) is 3.43. The zero-order valence-electron chi connectivity index (χ0n) is 11.3. The minimum Gasteiger partial charge on any atom is -0.486 e. The second-order valence-corrected chi connectivity index (χ2v) is 4.87. The number of nitrogens with two attached hydrogens (primary N) is 1. The van der Waals surface area contributed by atoms with Gasteiger partial charge in [-0.2, -0.15) is 0 Å². The maximum atomic E-state index is 6.25. The van der Waals surface area contributed by atoms with Crippen LogP contribution in [0.5, 0.6) is 11.5 Å². The van der Waals surface area contributed by atoms with Crippen molar-refractivity contribution < 1.29 is 9.47 Å². The molecule has 1 aromatic heterocycles. The molecule has 0 saturated heterocycles. The topological polar surface area (TPSA) is 57.4 Å². The molecule has 104 valence electrons. The lowest BCUT2D eigenvalue weighted by Crippen LogP contribution is -2.17. The molecule has 4 heteroatoms. The molecule has 1 atom stereocenters. The predicted molar refractivity (Wildman–Crippen MR) is 76.9 cm³/mol.